The number of hydrogen-bond acceptors (Lipinski definition) is 4. The lowest BCUT2D eigenvalue weighted by Gasteiger charge is -2.08. The second-order valence-electron chi connectivity index (χ2n) is 4.16. The summed E-state index contributed by atoms with van der Waals surface area (Å²) in [5, 5.41) is 6.88. The van der Waals surface area contributed by atoms with E-state index in [-0.39, 0.29) is 5.91 Å². The van der Waals surface area contributed by atoms with Crippen LogP contribution in [0.25, 0.3) is 11.9 Å². The van der Waals surface area contributed by atoms with Gasteiger partial charge in [0.25, 0.3) is 0 Å². The molecule has 0 unspecified atom stereocenters. The van der Waals surface area contributed by atoms with Crippen molar-refractivity contribution in [3.8, 4) is 5.82 Å². The summed E-state index contributed by atoms with van der Waals surface area (Å²) in [4.78, 5) is 16.2. The molecule has 6 nitrogen and oxygen atoms in total. The van der Waals surface area contributed by atoms with E-state index in [1.54, 1.807) is 65.9 Å². The molecule has 1 amide bonds. The number of pyridine rings is 1. The molecule has 1 N–H and O–H groups in total. The van der Waals surface area contributed by atoms with Crippen molar-refractivity contribution in [2.24, 2.45) is 0 Å². The number of furan rings is 1. The Kier molecular flexibility index (Phi) is 3.60. The molecule has 3 rings (SSSR count). The summed E-state index contributed by atoms with van der Waals surface area (Å²) in [5.41, 5.74) is 0.579. The largest absolute Gasteiger partial charge is 0.465 e. The topological polar surface area (TPSA) is 73.0 Å². The highest BCUT2D eigenvalue weighted by Gasteiger charge is 2.07. The van der Waals surface area contributed by atoms with E-state index >= 15 is 0 Å². The van der Waals surface area contributed by atoms with Crippen molar-refractivity contribution in [1.82, 2.24) is 14.8 Å². The van der Waals surface area contributed by atoms with Crippen LogP contribution in [0.2, 0.25) is 0 Å². The minimum atomic E-state index is -0.271. The van der Waals surface area contributed by atoms with Gasteiger partial charge in [-0.2, -0.15) is 5.10 Å². The van der Waals surface area contributed by atoms with Crippen molar-refractivity contribution in [2.45, 2.75) is 0 Å². The highest BCUT2D eigenvalue weighted by atomic mass is 16.3. The Labute approximate surface area is 120 Å². The predicted octanol–water partition coefficient (Wildman–Crippen LogP) is 2.51. The summed E-state index contributed by atoms with van der Waals surface area (Å²) in [6.45, 7) is 0. The minimum absolute atomic E-state index is 0.271. The van der Waals surface area contributed by atoms with E-state index in [1.165, 1.54) is 6.08 Å². The number of hydrogen-bond donors (Lipinski definition) is 1. The van der Waals surface area contributed by atoms with Crippen LogP contribution in [0.1, 0.15) is 5.76 Å². The maximum Gasteiger partial charge on any atom is 0.248 e. The number of carbonyl (C=O) groups is 1. The van der Waals surface area contributed by atoms with E-state index in [1.807, 2.05) is 0 Å². The maximum absolute atomic E-state index is 11.9. The van der Waals surface area contributed by atoms with Gasteiger partial charge in [0.1, 0.15) is 5.76 Å². The molecule has 0 aromatic carbocycles. The van der Waals surface area contributed by atoms with Gasteiger partial charge in [0.15, 0.2) is 5.82 Å². The van der Waals surface area contributed by atoms with Crippen LogP contribution in [0.15, 0.2) is 65.7 Å². The first-order valence-corrected chi connectivity index (χ1v) is 6.30. The quantitative estimate of drug-likeness (QED) is 0.745. The smallest absolute Gasteiger partial charge is 0.248 e. The molecular formula is C15H12N4O2. The first kappa shape index (κ1) is 12.9. The predicted molar refractivity (Wildman–Crippen MR) is 77.7 cm³/mol. The van der Waals surface area contributed by atoms with Gasteiger partial charge in [-0.05, 0) is 36.4 Å². The molecule has 0 bridgehead atoms. The van der Waals surface area contributed by atoms with E-state index in [4.69, 9.17) is 4.42 Å². The number of anilines is 1. The second-order valence-corrected chi connectivity index (χ2v) is 4.16. The molecule has 0 saturated heterocycles. The molecule has 0 aliphatic carbocycles. The lowest BCUT2D eigenvalue weighted by atomic mass is 10.3. The second kappa shape index (κ2) is 5.87. The van der Waals surface area contributed by atoms with Gasteiger partial charge in [0.2, 0.25) is 5.91 Å². The fourth-order valence-corrected chi connectivity index (χ4v) is 1.79. The summed E-state index contributed by atoms with van der Waals surface area (Å²) in [7, 11) is 0. The molecule has 0 aliphatic heterocycles. The number of nitrogens with one attached hydrogen (secondary N) is 1. The summed E-state index contributed by atoms with van der Waals surface area (Å²) in [6, 6.07) is 8.83. The van der Waals surface area contributed by atoms with Crippen LogP contribution >= 0.6 is 0 Å². The zero-order valence-electron chi connectivity index (χ0n) is 11.0. The van der Waals surface area contributed by atoms with Gasteiger partial charge in [-0.15, -0.1) is 0 Å². The molecule has 3 heterocycles. The number of aromatic nitrogens is 3. The van der Waals surface area contributed by atoms with Crippen LogP contribution in [0.5, 0.6) is 0 Å². The average Bonchev–Trinajstić information content (AvgIpc) is 3.19. The zero-order valence-corrected chi connectivity index (χ0v) is 11.0. The Hall–Kier alpha value is -3.15. The van der Waals surface area contributed by atoms with Crippen LogP contribution < -0.4 is 5.32 Å². The molecule has 6 heteroatoms. The fourth-order valence-electron chi connectivity index (χ4n) is 1.79. The lowest BCUT2D eigenvalue weighted by molar-refractivity contribution is -0.111. The van der Waals surface area contributed by atoms with Crippen LogP contribution in [-0.2, 0) is 4.79 Å². The lowest BCUT2D eigenvalue weighted by Crippen LogP contribution is -2.11. The molecule has 0 fully saturated rings. The average molecular weight is 280 g/mol. The van der Waals surface area contributed by atoms with Gasteiger partial charge >= 0.3 is 0 Å². The number of carbonyl (C=O) groups excluding carboxylic acids is 1. The number of amides is 1. The molecule has 104 valence electrons. The third kappa shape index (κ3) is 3.06. The summed E-state index contributed by atoms with van der Waals surface area (Å²) < 4.78 is 6.71. The van der Waals surface area contributed by atoms with Crippen molar-refractivity contribution >= 4 is 17.7 Å². The monoisotopic (exact) mass is 280 g/mol. The van der Waals surface area contributed by atoms with Crippen LogP contribution in [0, 0.1) is 0 Å². The highest BCUT2D eigenvalue weighted by molar-refractivity contribution is 6.02. The summed E-state index contributed by atoms with van der Waals surface area (Å²) >= 11 is 0. The molecule has 0 spiro atoms. The van der Waals surface area contributed by atoms with Crippen LogP contribution in [0.4, 0.5) is 5.69 Å². The highest BCUT2D eigenvalue weighted by Crippen LogP contribution is 2.16. The van der Waals surface area contributed by atoms with Crippen LogP contribution in [-0.4, -0.2) is 20.7 Å². The van der Waals surface area contributed by atoms with Crippen molar-refractivity contribution in [1.29, 1.82) is 0 Å². The Morgan fingerprint density at radius 2 is 2.19 bits per heavy atom. The van der Waals surface area contributed by atoms with E-state index < -0.39 is 0 Å². The molecule has 0 radical (unpaired) electrons. The first-order valence-electron chi connectivity index (χ1n) is 6.30. The van der Waals surface area contributed by atoms with Gasteiger partial charge in [-0.3, -0.25) is 4.79 Å². The van der Waals surface area contributed by atoms with Gasteiger partial charge < -0.3 is 9.73 Å². The first-order chi connectivity index (χ1) is 10.3. The molecule has 0 aliphatic rings. The Bertz CT molecular complexity index is 746. The Morgan fingerprint density at radius 1 is 1.24 bits per heavy atom. The molecular weight excluding hydrogens is 268 g/mol. The Morgan fingerprint density at radius 3 is 2.95 bits per heavy atom. The number of nitrogens with zero attached hydrogens (tertiary/aromatic N) is 3. The Balaban J connectivity index is 1.77. The van der Waals surface area contributed by atoms with Crippen molar-refractivity contribution in [3.05, 3.63) is 67.0 Å². The van der Waals surface area contributed by atoms with Crippen molar-refractivity contribution in [3.63, 3.8) is 0 Å². The van der Waals surface area contributed by atoms with Gasteiger partial charge in [-0.1, -0.05) is 0 Å². The van der Waals surface area contributed by atoms with E-state index in [0.29, 0.717) is 17.3 Å². The SMILES string of the molecule is O=C(C=Cc1ccco1)Nc1cccnc1-n1cccn1. The molecule has 3 aromatic rings. The van der Waals surface area contributed by atoms with E-state index in [0.717, 1.165) is 0 Å². The van der Waals surface area contributed by atoms with Gasteiger partial charge in [-0.25, -0.2) is 9.67 Å². The minimum Gasteiger partial charge on any atom is -0.465 e. The maximum atomic E-state index is 11.9. The third-order valence-electron chi connectivity index (χ3n) is 2.71. The molecule has 0 saturated carbocycles. The van der Waals surface area contributed by atoms with E-state index in [9.17, 15) is 4.79 Å². The summed E-state index contributed by atoms with van der Waals surface area (Å²) in [6.07, 6.45) is 9.60. The van der Waals surface area contributed by atoms with Gasteiger partial charge in [0, 0.05) is 24.7 Å². The van der Waals surface area contributed by atoms with E-state index in [2.05, 4.69) is 15.4 Å². The molecule has 0 atom stereocenters. The normalized spacial score (nSPS) is 10.9. The number of rotatable bonds is 4. The van der Waals surface area contributed by atoms with Crippen LogP contribution in [0.3, 0.4) is 0 Å². The standard InChI is InChI=1S/C15H12N4O2/c20-14(7-6-12-4-2-11-21-12)18-13-5-1-8-16-15(13)19-10-3-9-17-19/h1-11H,(H,18,20). The summed E-state index contributed by atoms with van der Waals surface area (Å²) in [5.74, 6) is 0.902. The van der Waals surface area contributed by atoms with Crippen molar-refractivity contribution < 1.29 is 9.21 Å². The fraction of sp³-hybridized carbons (Fsp3) is 0. The third-order valence-corrected chi connectivity index (χ3v) is 2.71. The van der Waals surface area contributed by atoms with Crippen molar-refractivity contribution in [2.75, 3.05) is 5.32 Å². The molecule has 21 heavy (non-hydrogen) atoms. The zero-order chi connectivity index (χ0) is 14.5. The van der Waals surface area contributed by atoms with Gasteiger partial charge in [0.05, 0.1) is 12.0 Å². The molecule has 3 aromatic heterocycles.